The fourth-order valence-corrected chi connectivity index (χ4v) is 3.25. The maximum absolute atomic E-state index is 12.4. The molecule has 1 saturated heterocycles. The summed E-state index contributed by atoms with van der Waals surface area (Å²) in [6.07, 6.45) is 1.04. The summed E-state index contributed by atoms with van der Waals surface area (Å²) in [5.41, 5.74) is 0.905. The number of carbonyl (C=O) groups is 3. The molecule has 0 atom stereocenters. The van der Waals surface area contributed by atoms with Crippen molar-refractivity contribution in [3.05, 3.63) is 29.3 Å². The molecule has 0 aromatic heterocycles. The van der Waals surface area contributed by atoms with E-state index < -0.39 is 11.4 Å². The summed E-state index contributed by atoms with van der Waals surface area (Å²) >= 11 is 0. The topological polar surface area (TPSA) is 86.7 Å². The van der Waals surface area contributed by atoms with Crippen molar-refractivity contribution in [1.29, 1.82) is 0 Å². The lowest BCUT2D eigenvalue weighted by Gasteiger charge is -2.37. The Morgan fingerprint density at radius 3 is 2.52 bits per heavy atom. The molecule has 2 heterocycles. The van der Waals surface area contributed by atoms with Crippen LogP contribution in [0.5, 0.6) is 0 Å². The number of rotatable bonds is 1. The van der Waals surface area contributed by atoms with Gasteiger partial charge in [-0.2, -0.15) is 0 Å². The molecule has 0 aliphatic carbocycles. The number of hydrogen-bond donors (Lipinski definition) is 2. The molecular formula is C15H16N2O4. The standard InChI is InChI=1S/C15H16N2O4/c1-9(18)17-6-4-15(5-7-17)11-8-10(13(19)20)2-3-12(11)16-14(15)21/h2-3,8H,4-7H2,1H3,(H,16,21)(H,19,20). The van der Waals surface area contributed by atoms with E-state index in [9.17, 15) is 14.4 Å². The average molecular weight is 288 g/mol. The minimum atomic E-state index is -1.01. The van der Waals surface area contributed by atoms with Gasteiger partial charge in [-0.15, -0.1) is 0 Å². The molecule has 0 radical (unpaired) electrons. The highest BCUT2D eigenvalue weighted by Gasteiger charge is 2.48. The Morgan fingerprint density at radius 1 is 1.29 bits per heavy atom. The van der Waals surface area contributed by atoms with Crippen LogP contribution < -0.4 is 5.32 Å². The number of hydrogen-bond acceptors (Lipinski definition) is 3. The zero-order chi connectivity index (χ0) is 15.2. The van der Waals surface area contributed by atoms with Crippen LogP contribution in [0.2, 0.25) is 0 Å². The molecule has 6 nitrogen and oxygen atoms in total. The smallest absolute Gasteiger partial charge is 0.335 e. The van der Waals surface area contributed by atoms with Gasteiger partial charge in [0, 0.05) is 25.7 Å². The van der Waals surface area contributed by atoms with E-state index in [1.54, 1.807) is 17.0 Å². The second kappa shape index (κ2) is 4.58. The Labute approximate surface area is 121 Å². The number of nitrogens with one attached hydrogen (secondary N) is 1. The maximum atomic E-state index is 12.4. The summed E-state index contributed by atoms with van der Waals surface area (Å²) in [4.78, 5) is 36.7. The average Bonchev–Trinajstić information content (AvgIpc) is 2.72. The summed E-state index contributed by atoms with van der Waals surface area (Å²) in [7, 11) is 0. The van der Waals surface area contributed by atoms with Gasteiger partial charge in [0.15, 0.2) is 0 Å². The lowest BCUT2D eigenvalue weighted by molar-refractivity contribution is -0.133. The van der Waals surface area contributed by atoms with Crippen LogP contribution in [0.3, 0.4) is 0 Å². The Hall–Kier alpha value is -2.37. The quantitative estimate of drug-likeness (QED) is 0.813. The highest BCUT2D eigenvalue weighted by molar-refractivity contribution is 6.07. The number of carboxylic acid groups (broad SMARTS) is 1. The van der Waals surface area contributed by atoms with Gasteiger partial charge in [-0.05, 0) is 36.6 Å². The number of amides is 2. The van der Waals surface area contributed by atoms with Crippen molar-refractivity contribution in [2.45, 2.75) is 25.2 Å². The van der Waals surface area contributed by atoms with Crippen molar-refractivity contribution in [2.24, 2.45) is 0 Å². The van der Waals surface area contributed by atoms with Gasteiger partial charge in [-0.1, -0.05) is 0 Å². The molecule has 2 N–H and O–H groups in total. The van der Waals surface area contributed by atoms with E-state index in [0.717, 1.165) is 5.56 Å². The first-order valence-corrected chi connectivity index (χ1v) is 6.89. The van der Waals surface area contributed by atoms with Gasteiger partial charge >= 0.3 is 5.97 Å². The molecule has 1 aromatic carbocycles. The highest BCUT2D eigenvalue weighted by atomic mass is 16.4. The molecule has 1 aromatic rings. The maximum Gasteiger partial charge on any atom is 0.335 e. The summed E-state index contributed by atoms with van der Waals surface area (Å²) in [6, 6.07) is 4.72. The fraction of sp³-hybridized carbons (Fsp3) is 0.400. The number of likely N-dealkylation sites (tertiary alicyclic amines) is 1. The third kappa shape index (κ3) is 1.98. The molecular weight excluding hydrogens is 272 g/mol. The van der Waals surface area contributed by atoms with Crippen LogP contribution in [0.1, 0.15) is 35.7 Å². The second-order valence-corrected chi connectivity index (χ2v) is 5.61. The van der Waals surface area contributed by atoms with Crippen molar-refractivity contribution >= 4 is 23.5 Å². The van der Waals surface area contributed by atoms with Gasteiger partial charge in [0.2, 0.25) is 11.8 Å². The molecule has 6 heteroatoms. The molecule has 1 spiro atoms. The van der Waals surface area contributed by atoms with Gasteiger partial charge < -0.3 is 15.3 Å². The number of carboxylic acids is 1. The van der Waals surface area contributed by atoms with Gasteiger partial charge in [-0.25, -0.2) is 4.79 Å². The van der Waals surface area contributed by atoms with Crippen LogP contribution in [0.15, 0.2) is 18.2 Å². The minimum Gasteiger partial charge on any atom is -0.478 e. The molecule has 21 heavy (non-hydrogen) atoms. The van der Waals surface area contributed by atoms with Gasteiger partial charge in [0.05, 0.1) is 11.0 Å². The number of benzene rings is 1. The van der Waals surface area contributed by atoms with Crippen LogP contribution in [0.25, 0.3) is 0 Å². The van der Waals surface area contributed by atoms with E-state index in [4.69, 9.17) is 5.11 Å². The Morgan fingerprint density at radius 2 is 1.95 bits per heavy atom. The van der Waals surface area contributed by atoms with Crippen molar-refractivity contribution < 1.29 is 19.5 Å². The van der Waals surface area contributed by atoms with Crippen LogP contribution in [0.4, 0.5) is 5.69 Å². The summed E-state index contributed by atoms with van der Waals surface area (Å²) in [6.45, 7) is 2.54. The normalized spacial score (nSPS) is 19.3. The van der Waals surface area contributed by atoms with E-state index >= 15 is 0 Å². The van der Waals surface area contributed by atoms with Crippen molar-refractivity contribution in [3.63, 3.8) is 0 Å². The number of carbonyl (C=O) groups excluding carboxylic acids is 2. The first-order valence-electron chi connectivity index (χ1n) is 6.89. The molecule has 110 valence electrons. The van der Waals surface area contributed by atoms with E-state index in [1.165, 1.54) is 13.0 Å². The van der Waals surface area contributed by atoms with Gasteiger partial charge in [0.25, 0.3) is 0 Å². The molecule has 3 rings (SSSR count). The summed E-state index contributed by atoms with van der Waals surface area (Å²) < 4.78 is 0. The van der Waals surface area contributed by atoms with Gasteiger partial charge in [0.1, 0.15) is 0 Å². The predicted octanol–water partition coefficient (Wildman–Crippen LogP) is 1.22. The first-order chi connectivity index (χ1) is 9.94. The van der Waals surface area contributed by atoms with Crippen LogP contribution in [-0.4, -0.2) is 40.9 Å². The number of fused-ring (bicyclic) bond motifs is 2. The number of piperidine rings is 1. The third-order valence-electron chi connectivity index (χ3n) is 4.53. The summed E-state index contributed by atoms with van der Waals surface area (Å²) in [5.74, 6) is -1.10. The lowest BCUT2D eigenvalue weighted by Crippen LogP contribution is -2.47. The number of aromatic carboxylic acids is 1. The zero-order valence-corrected chi connectivity index (χ0v) is 11.7. The Balaban J connectivity index is 1.98. The van der Waals surface area contributed by atoms with Crippen molar-refractivity contribution in [1.82, 2.24) is 4.90 Å². The molecule has 0 saturated carbocycles. The van der Waals surface area contributed by atoms with Crippen LogP contribution >= 0.6 is 0 Å². The van der Waals surface area contributed by atoms with E-state index in [1.807, 2.05) is 0 Å². The molecule has 0 bridgehead atoms. The molecule has 1 fully saturated rings. The van der Waals surface area contributed by atoms with Crippen LogP contribution in [-0.2, 0) is 15.0 Å². The molecule has 2 aliphatic rings. The zero-order valence-electron chi connectivity index (χ0n) is 11.7. The van der Waals surface area contributed by atoms with E-state index in [2.05, 4.69) is 5.32 Å². The monoisotopic (exact) mass is 288 g/mol. The van der Waals surface area contributed by atoms with E-state index in [0.29, 0.717) is 31.6 Å². The van der Waals surface area contributed by atoms with Crippen molar-refractivity contribution in [2.75, 3.05) is 18.4 Å². The SMILES string of the molecule is CC(=O)N1CCC2(CC1)C(=O)Nc1ccc(C(=O)O)cc12. The molecule has 2 amide bonds. The van der Waals surface area contributed by atoms with E-state index in [-0.39, 0.29) is 17.4 Å². The summed E-state index contributed by atoms with van der Waals surface area (Å²) in [5, 5.41) is 12.0. The number of nitrogens with zero attached hydrogens (tertiary/aromatic N) is 1. The van der Waals surface area contributed by atoms with Gasteiger partial charge in [-0.3, -0.25) is 9.59 Å². The Bertz CT molecular complexity index is 645. The van der Waals surface area contributed by atoms with Crippen molar-refractivity contribution in [3.8, 4) is 0 Å². The number of anilines is 1. The first kappa shape index (κ1) is 13.6. The lowest BCUT2D eigenvalue weighted by atomic mass is 9.73. The van der Waals surface area contributed by atoms with Crippen LogP contribution in [0, 0.1) is 0 Å². The Kier molecular flexibility index (Phi) is 2.97. The molecule has 0 unspecified atom stereocenters. The third-order valence-corrected chi connectivity index (χ3v) is 4.53. The highest BCUT2D eigenvalue weighted by Crippen LogP contribution is 2.45. The molecule has 2 aliphatic heterocycles. The largest absolute Gasteiger partial charge is 0.478 e. The second-order valence-electron chi connectivity index (χ2n) is 5.61. The predicted molar refractivity (Wildman–Crippen MR) is 75.2 cm³/mol. The fourth-order valence-electron chi connectivity index (χ4n) is 3.25. The minimum absolute atomic E-state index is 0.00256.